The fourth-order valence-corrected chi connectivity index (χ4v) is 11.8. The predicted octanol–water partition coefficient (Wildman–Crippen LogP) is 10.6. The molecule has 324 valence electrons. The Labute approximate surface area is 364 Å². The summed E-state index contributed by atoms with van der Waals surface area (Å²) in [5, 5.41) is 4.79. The van der Waals surface area contributed by atoms with Crippen molar-refractivity contribution in [1.82, 2.24) is 9.03 Å². The van der Waals surface area contributed by atoms with Gasteiger partial charge in [-0.25, -0.2) is 0 Å². The van der Waals surface area contributed by atoms with Gasteiger partial charge in [0.15, 0.2) is 5.71 Å². The van der Waals surface area contributed by atoms with Gasteiger partial charge in [0.1, 0.15) is 6.54 Å². The van der Waals surface area contributed by atoms with Crippen LogP contribution in [0.1, 0.15) is 105 Å². The Morgan fingerprint density at radius 2 is 1.41 bits per heavy atom. The number of hydrogen-bond acceptors (Lipinski definition) is 5. The van der Waals surface area contributed by atoms with Gasteiger partial charge in [-0.05, 0) is 102 Å². The van der Waals surface area contributed by atoms with E-state index >= 15 is 0 Å². The van der Waals surface area contributed by atoms with Crippen LogP contribution in [0.4, 0.5) is 11.4 Å². The number of benzene rings is 4. The number of nitrogens with zero attached hydrogens (tertiary/aromatic N) is 3. The van der Waals surface area contributed by atoms with Crippen molar-refractivity contribution in [2.24, 2.45) is 0 Å². The smallest absolute Gasteiger partial charge is 0.301 e. The average molecular weight is 864 g/mol. The highest BCUT2D eigenvalue weighted by atomic mass is 32.2. The molecular weight excluding hydrogens is 801 g/mol. The number of nitrogens with one attached hydrogen (secondary N) is 1. The first kappa shape index (κ1) is 44.5. The molecule has 3 aliphatic rings. The molecule has 0 saturated carbocycles. The number of fused-ring (bicyclic) bond motifs is 6. The fraction of sp³-hybridized carbons (Fsp3) is 0.420. The average Bonchev–Trinajstić information content (AvgIpc) is 3.77. The summed E-state index contributed by atoms with van der Waals surface area (Å²) in [6.07, 6.45) is 14.2. The zero-order valence-electron chi connectivity index (χ0n) is 37.0. The summed E-state index contributed by atoms with van der Waals surface area (Å²) in [5.41, 5.74) is 8.85. The maximum Gasteiger partial charge on any atom is 0.301 e. The molecule has 11 heteroatoms. The standard InChI is InChI=1S/C50H62N4O5S2/c1-8-11-16-33-53-42-29-25-36-19-12-14-21-40(36)46(42)49(4,5)44(53)31-27-38-23-24-39(48(38)51-61(58,59)52(9-2)10-3)28-32-45-50(6,7)47-41-22-15-13-20-37(41)26-30-43(47)54(45)34-17-18-35-60(55,56)57/h12-15,19-22,25-32H,8-11,16-18,23-24,33-35H2,1-7H3,(H,55,56,57)/p+1/b39-28+,45-32+. The second kappa shape index (κ2) is 17.7. The molecule has 0 saturated heterocycles. The summed E-state index contributed by atoms with van der Waals surface area (Å²) in [6, 6.07) is 25.8. The first-order chi connectivity index (χ1) is 29.0. The molecule has 4 aromatic rings. The maximum atomic E-state index is 14.0. The maximum absolute atomic E-state index is 14.0. The molecule has 2 aliphatic heterocycles. The van der Waals surface area contributed by atoms with Crippen molar-refractivity contribution in [2.45, 2.75) is 104 Å². The van der Waals surface area contributed by atoms with E-state index < -0.39 is 25.7 Å². The van der Waals surface area contributed by atoms with Gasteiger partial charge in [-0.2, -0.15) is 25.7 Å². The summed E-state index contributed by atoms with van der Waals surface area (Å²) >= 11 is 0. The zero-order chi connectivity index (χ0) is 43.7. The van der Waals surface area contributed by atoms with Gasteiger partial charge < -0.3 is 4.90 Å². The van der Waals surface area contributed by atoms with Gasteiger partial charge in [0, 0.05) is 60.6 Å². The summed E-state index contributed by atoms with van der Waals surface area (Å²) in [6.45, 7) is 17.2. The van der Waals surface area contributed by atoms with Crippen LogP contribution >= 0.6 is 0 Å². The molecule has 0 fully saturated rings. The molecule has 0 bridgehead atoms. The Kier molecular flexibility index (Phi) is 12.9. The fourth-order valence-electron chi connectivity index (χ4n) is 9.93. The van der Waals surface area contributed by atoms with Crippen LogP contribution in [0.2, 0.25) is 0 Å². The van der Waals surface area contributed by atoms with Crippen molar-refractivity contribution in [2.75, 3.05) is 36.8 Å². The molecule has 0 unspecified atom stereocenters. The van der Waals surface area contributed by atoms with Crippen LogP contribution in [-0.2, 0) is 31.2 Å². The Morgan fingerprint density at radius 1 is 0.754 bits per heavy atom. The number of anilines is 1. The van der Waals surface area contributed by atoms with E-state index in [1.54, 1.807) is 0 Å². The van der Waals surface area contributed by atoms with Gasteiger partial charge in [-0.3, -0.25) is 9.27 Å². The highest BCUT2D eigenvalue weighted by Crippen LogP contribution is 2.51. The lowest BCUT2D eigenvalue weighted by Gasteiger charge is -2.27. The van der Waals surface area contributed by atoms with E-state index in [-0.39, 0.29) is 11.2 Å². The summed E-state index contributed by atoms with van der Waals surface area (Å²) in [7, 11) is -7.93. The van der Waals surface area contributed by atoms with Gasteiger partial charge in [0.2, 0.25) is 5.69 Å². The van der Waals surface area contributed by atoms with Gasteiger partial charge in [0.05, 0.1) is 16.9 Å². The number of allylic oxidation sites excluding steroid dienone is 7. The first-order valence-corrected chi connectivity index (χ1v) is 25.1. The molecule has 9 nitrogen and oxygen atoms in total. The third-order valence-corrected chi connectivity index (χ3v) is 15.5. The molecule has 2 N–H and O–H groups in total. The molecule has 2 heterocycles. The van der Waals surface area contributed by atoms with E-state index in [9.17, 15) is 21.4 Å². The van der Waals surface area contributed by atoms with Crippen LogP contribution in [0.25, 0.3) is 21.5 Å². The molecule has 0 atom stereocenters. The number of unbranched alkanes of at least 4 members (excludes halogenated alkanes) is 3. The van der Waals surface area contributed by atoms with E-state index in [0.29, 0.717) is 51.0 Å². The van der Waals surface area contributed by atoms with Crippen molar-refractivity contribution >= 4 is 59.0 Å². The van der Waals surface area contributed by atoms with Gasteiger partial charge >= 0.3 is 10.2 Å². The van der Waals surface area contributed by atoms with Crippen LogP contribution in [0.3, 0.4) is 0 Å². The topological polar surface area (TPSA) is 110 Å². The van der Waals surface area contributed by atoms with Crippen molar-refractivity contribution < 1.29 is 26.0 Å². The zero-order valence-corrected chi connectivity index (χ0v) is 38.6. The van der Waals surface area contributed by atoms with Gasteiger partial charge in [-0.1, -0.05) is 108 Å². The molecule has 1 aliphatic carbocycles. The Balaban J connectivity index is 1.33. The Hall–Kier alpha value is -4.55. The first-order valence-electron chi connectivity index (χ1n) is 22.1. The molecule has 4 aromatic carbocycles. The van der Waals surface area contributed by atoms with Crippen LogP contribution in [-0.4, -0.2) is 67.9 Å². The lowest BCUT2D eigenvalue weighted by Crippen LogP contribution is -2.40. The third kappa shape index (κ3) is 8.76. The lowest BCUT2D eigenvalue weighted by atomic mass is 9.79. The Morgan fingerprint density at radius 3 is 2.07 bits per heavy atom. The van der Waals surface area contributed by atoms with Gasteiger partial charge in [-0.15, -0.1) is 0 Å². The van der Waals surface area contributed by atoms with E-state index in [2.05, 4.69) is 140 Å². The second-order valence-corrected chi connectivity index (χ2v) is 20.9. The summed E-state index contributed by atoms with van der Waals surface area (Å²) in [4.78, 5) is 2.27. The predicted molar refractivity (Wildman–Crippen MR) is 253 cm³/mol. The minimum Gasteiger partial charge on any atom is -0.344 e. The van der Waals surface area contributed by atoms with Gasteiger partial charge in [0.25, 0.3) is 10.1 Å². The SMILES string of the molecule is CCCCC[N+]1=C(/C=C/C2=C(NS(=O)(=O)N(CC)CC)C(=C/C=C3/N(CCCCS(=O)(=O)O)c4ccc5ccccc5c4C3(C)C)/CC2)C(C)(C)c2c1ccc1ccccc21. The number of hydrogen-bond donors (Lipinski definition) is 2. The third-order valence-electron chi connectivity index (χ3n) is 13.0. The monoisotopic (exact) mass is 863 g/mol. The van der Waals surface area contributed by atoms with Crippen molar-refractivity contribution in [3.05, 3.63) is 131 Å². The molecule has 0 aromatic heterocycles. The Bertz CT molecular complexity index is 2720. The van der Waals surface area contributed by atoms with E-state index in [1.165, 1.54) is 37.6 Å². The van der Waals surface area contributed by atoms with Crippen molar-refractivity contribution in [3.63, 3.8) is 0 Å². The summed E-state index contributed by atoms with van der Waals surface area (Å²) in [5.74, 6) is -0.287. The van der Waals surface area contributed by atoms with Crippen LogP contribution in [0, 0.1) is 0 Å². The normalized spacial score (nSPS) is 18.9. The molecule has 0 amide bonds. The molecular formula is C50H63N4O5S2+. The van der Waals surface area contributed by atoms with Crippen molar-refractivity contribution in [1.29, 1.82) is 0 Å². The van der Waals surface area contributed by atoms with Crippen molar-refractivity contribution in [3.8, 4) is 0 Å². The molecule has 0 spiro atoms. The number of rotatable bonds is 17. The second-order valence-electron chi connectivity index (χ2n) is 17.7. The van der Waals surface area contributed by atoms with Crippen LogP contribution in [0.15, 0.2) is 120 Å². The highest BCUT2D eigenvalue weighted by Gasteiger charge is 2.46. The minimum atomic E-state index is -4.07. The molecule has 0 radical (unpaired) electrons. The molecule has 7 rings (SSSR count). The van der Waals surface area contributed by atoms with E-state index in [1.807, 2.05) is 19.9 Å². The largest absolute Gasteiger partial charge is 0.344 e. The van der Waals surface area contributed by atoms with Crippen LogP contribution in [0.5, 0.6) is 0 Å². The van der Waals surface area contributed by atoms with E-state index in [4.69, 9.17) is 0 Å². The lowest BCUT2D eigenvalue weighted by molar-refractivity contribution is -0.438. The highest BCUT2D eigenvalue weighted by molar-refractivity contribution is 7.87. The summed E-state index contributed by atoms with van der Waals surface area (Å²) < 4.78 is 67.7. The molecule has 61 heavy (non-hydrogen) atoms. The van der Waals surface area contributed by atoms with Crippen LogP contribution < -0.4 is 9.62 Å². The quantitative estimate of drug-likeness (QED) is 0.0622. The van der Waals surface area contributed by atoms with E-state index in [0.717, 1.165) is 59.1 Å². The minimum absolute atomic E-state index is 0.287.